The summed E-state index contributed by atoms with van der Waals surface area (Å²) in [5, 5.41) is 3.97. The van der Waals surface area contributed by atoms with Crippen LogP contribution in [-0.2, 0) is 52.9 Å². The molecule has 67 heavy (non-hydrogen) atoms. The third kappa shape index (κ3) is 9.32. The number of anilines is 2. The summed E-state index contributed by atoms with van der Waals surface area (Å²) in [6.45, 7) is 1.21. The first-order valence-corrected chi connectivity index (χ1v) is 24.5. The summed E-state index contributed by atoms with van der Waals surface area (Å²) in [5.41, 5.74) is 6.26. The van der Waals surface area contributed by atoms with Crippen LogP contribution in [0.5, 0.6) is 23.0 Å². The van der Waals surface area contributed by atoms with E-state index in [1.165, 1.54) is 22.7 Å². The molecule has 4 aromatic carbocycles. The largest absolute Gasteiger partial charge is 0.497 e. The van der Waals surface area contributed by atoms with Gasteiger partial charge in [-0.25, -0.2) is 16.8 Å². The quantitative estimate of drug-likeness (QED) is 0.129. The highest BCUT2D eigenvalue weighted by Crippen LogP contribution is 2.46. The minimum absolute atomic E-state index is 0.195. The lowest BCUT2D eigenvalue weighted by Crippen LogP contribution is -2.26. The van der Waals surface area contributed by atoms with Gasteiger partial charge in [-0.2, -0.15) is 0 Å². The van der Waals surface area contributed by atoms with E-state index >= 15 is 0 Å². The van der Waals surface area contributed by atoms with Crippen molar-refractivity contribution in [2.45, 2.75) is 32.8 Å². The van der Waals surface area contributed by atoms with Gasteiger partial charge in [-0.1, -0.05) is 24.3 Å². The zero-order valence-corrected chi connectivity index (χ0v) is 39.1. The summed E-state index contributed by atoms with van der Waals surface area (Å²) in [7, 11) is -1.01. The number of rotatable bonds is 14. The van der Waals surface area contributed by atoms with E-state index in [4.69, 9.17) is 18.9 Å². The van der Waals surface area contributed by atoms with Gasteiger partial charge in [0, 0.05) is 80.4 Å². The number of hydrogen-bond acceptors (Lipinski definition) is 13. The molecule has 2 aliphatic heterocycles. The lowest BCUT2D eigenvalue weighted by Gasteiger charge is -2.23. The molecule has 0 aliphatic carbocycles. The Labute approximate surface area is 388 Å². The van der Waals surface area contributed by atoms with Gasteiger partial charge in [-0.3, -0.25) is 33.2 Å². The topological polar surface area (TPSA) is 200 Å². The summed E-state index contributed by atoms with van der Waals surface area (Å²) < 4.78 is 75.0. The van der Waals surface area contributed by atoms with E-state index in [0.29, 0.717) is 73.5 Å². The number of benzene rings is 4. The van der Waals surface area contributed by atoms with Crippen LogP contribution in [0, 0.1) is 0 Å². The van der Waals surface area contributed by atoms with Crippen molar-refractivity contribution in [3.63, 3.8) is 0 Å². The number of methoxy groups -OCH3 is 2. The molecular weight excluding hydrogens is 899 g/mol. The fourth-order valence-corrected chi connectivity index (χ4v) is 9.10. The smallest absolute Gasteiger partial charge is 0.258 e. The molecule has 0 spiro atoms. The molecule has 2 aliphatic rings. The molecule has 0 bridgehead atoms. The van der Waals surface area contributed by atoms with Crippen LogP contribution in [0.1, 0.15) is 48.5 Å². The first kappa shape index (κ1) is 46.0. The highest BCUT2D eigenvalue weighted by Gasteiger charge is 2.38. The minimum atomic E-state index is -3.62. The Morgan fingerprint density at radius 2 is 1.10 bits per heavy atom. The zero-order valence-electron chi connectivity index (χ0n) is 37.5. The Morgan fingerprint density at radius 3 is 1.58 bits per heavy atom. The van der Waals surface area contributed by atoms with E-state index in [0.717, 1.165) is 40.7 Å². The molecule has 2 amide bonds. The maximum atomic E-state index is 13.8. The van der Waals surface area contributed by atoms with Gasteiger partial charge in [0.15, 0.2) is 11.5 Å². The van der Waals surface area contributed by atoms with Crippen LogP contribution in [0.4, 0.5) is 11.4 Å². The van der Waals surface area contributed by atoms with Crippen LogP contribution in [0.2, 0.25) is 0 Å². The number of nitrogens with zero attached hydrogens (tertiary/aromatic N) is 6. The van der Waals surface area contributed by atoms with Gasteiger partial charge < -0.3 is 29.2 Å². The maximum absolute atomic E-state index is 13.8. The van der Waals surface area contributed by atoms with Crippen molar-refractivity contribution < 1.29 is 45.4 Å². The molecule has 0 atom stereocenters. The summed E-state index contributed by atoms with van der Waals surface area (Å²) >= 11 is 0. The van der Waals surface area contributed by atoms with Crippen LogP contribution in [0.3, 0.4) is 0 Å². The number of carbonyl (C=O) groups is 2. The Bertz CT molecular complexity index is 3250. The molecule has 3 aromatic heterocycles. The summed E-state index contributed by atoms with van der Waals surface area (Å²) in [6, 6.07) is 25.6. The molecule has 9 rings (SSSR count). The van der Waals surface area contributed by atoms with E-state index in [9.17, 15) is 26.4 Å². The van der Waals surface area contributed by atoms with Crippen molar-refractivity contribution >= 4 is 65.0 Å². The average Bonchev–Trinajstić information content (AvgIpc) is 3.87. The second-order valence-electron chi connectivity index (χ2n) is 15.8. The van der Waals surface area contributed by atoms with Crippen LogP contribution in [0.15, 0.2) is 110 Å². The van der Waals surface area contributed by atoms with E-state index in [1.54, 1.807) is 68.2 Å². The second kappa shape index (κ2) is 18.8. The second-order valence-corrected chi connectivity index (χ2v) is 19.8. The fourth-order valence-electron chi connectivity index (χ4n) is 8.02. The van der Waals surface area contributed by atoms with E-state index in [2.05, 4.69) is 20.3 Å². The molecular formula is C48H47N7O10S2. The van der Waals surface area contributed by atoms with E-state index in [-0.39, 0.29) is 38.1 Å². The Kier molecular flexibility index (Phi) is 12.9. The zero-order chi connectivity index (χ0) is 47.6. The molecule has 0 saturated heterocycles. The van der Waals surface area contributed by atoms with Crippen molar-refractivity contribution in [3.8, 4) is 23.0 Å². The van der Waals surface area contributed by atoms with Gasteiger partial charge in [0.2, 0.25) is 20.0 Å². The Hall–Kier alpha value is -7.51. The Balaban J connectivity index is 0.000000186. The summed E-state index contributed by atoms with van der Waals surface area (Å²) in [4.78, 5) is 41.1. The number of amides is 2. The van der Waals surface area contributed by atoms with Gasteiger partial charge in [0.1, 0.15) is 35.7 Å². The molecule has 7 aromatic rings. The van der Waals surface area contributed by atoms with Gasteiger partial charge in [0.05, 0.1) is 49.2 Å². The lowest BCUT2D eigenvalue weighted by atomic mass is 10.0. The van der Waals surface area contributed by atoms with Gasteiger partial charge in [-0.15, -0.1) is 0 Å². The lowest BCUT2D eigenvalue weighted by molar-refractivity contribution is 0.0763. The van der Waals surface area contributed by atoms with Crippen LogP contribution < -0.4 is 32.9 Å². The monoisotopic (exact) mass is 945 g/mol. The highest BCUT2D eigenvalue weighted by molar-refractivity contribution is 7.92. The number of nitrogens with one attached hydrogen (secondary N) is 1. The first-order chi connectivity index (χ1) is 32.1. The number of sulfonamides is 2. The number of carbonyl (C=O) groups excluding carboxylic acids is 2. The van der Waals surface area contributed by atoms with Crippen molar-refractivity contribution in [2.75, 3.05) is 49.4 Å². The molecule has 19 heteroatoms. The number of fused-ring (bicyclic) bond motifs is 4. The molecule has 346 valence electrons. The Morgan fingerprint density at radius 1 is 0.627 bits per heavy atom. The summed E-state index contributed by atoms with van der Waals surface area (Å²) in [5.74, 6) is 1.59. The number of aromatic nitrogens is 3. The SMILES string of the molecule is COc1ccc(COc2c3c(c(N(C)S(C)(=O)=O)c4cccnc24)CN(Cc2ccncc2)C3=O)cc1.COc1ccc(COc2c3c(c(N(C)S(C)(=O)=O)c4cccnc24)CNC3=O)cc1. The molecule has 17 nitrogen and oxygen atoms in total. The highest BCUT2D eigenvalue weighted by atomic mass is 32.2. The molecule has 1 N–H and O–H groups in total. The normalized spacial score (nSPS) is 13.1. The van der Waals surface area contributed by atoms with Crippen LogP contribution in [0.25, 0.3) is 21.8 Å². The molecule has 0 saturated carbocycles. The van der Waals surface area contributed by atoms with Crippen molar-refractivity contribution in [3.05, 3.63) is 149 Å². The van der Waals surface area contributed by atoms with Crippen LogP contribution in [-0.4, -0.2) is 89.3 Å². The van der Waals surface area contributed by atoms with Crippen molar-refractivity contribution in [2.24, 2.45) is 0 Å². The van der Waals surface area contributed by atoms with Crippen LogP contribution >= 0.6 is 0 Å². The predicted molar refractivity (Wildman–Crippen MR) is 254 cm³/mol. The van der Waals surface area contributed by atoms with Crippen molar-refractivity contribution in [1.29, 1.82) is 0 Å². The molecule has 0 fully saturated rings. The molecule has 0 unspecified atom stereocenters. The predicted octanol–water partition coefficient (Wildman–Crippen LogP) is 6.23. The van der Waals surface area contributed by atoms with E-state index < -0.39 is 20.0 Å². The summed E-state index contributed by atoms with van der Waals surface area (Å²) in [6.07, 6.45) is 8.81. The fraction of sp³-hybridized carbons (Fsp3) is 0.229. The van der Waals surface area contributed by atoms with E-state index in [1.807, 2.05) is 60.7 Å². The van der Waals surface area contributed by atoms with Gasteiger partial charge in [0.25, 0.3) is 11.8 Å². The van der Waals surface area contributed by atoms with Crippen molar-refractivity contribution in [1.82, 2.24) is 25.2 Å². The maximum Gasteiger partial charge on any atom is 0.258 e. The van der Waals surface area contributed by atoms with Gasteiger partial charge >= 0.3 is 0 Å². The average molecular weight is 946 g/mol. The standard InChI is InChI=1S/C27H26N4O5S.C21H21N3O5S/c1-30(37(3,33)34)25-21-5-4-12-29-24(21)26(36-17-19-6-8-20(35-2)9-7-19)23-22(25)16-31(27(23)32)15-18-10-13-28-14-11-18;1-24(30(3,26)27)19-15-5-4-10-22-18(15)20(17-16(19)11-23-21(17)25)29-12-13-6-8-14(28-2)9-7-13/h4-14H,15-17H2,1-3H3;4-10H,11-12H2,1-3H3,(H,23,25). The third-order valence-electron chi connectivity index (χ3n) is 11.5. The minimum Gasteiger partial charge on any atom is -0.497 e. The molecule has 5 heterocycles. The molecule has 0 radical (unpaired) electrons. The number of ether oxygens (including phenoxy) is 4. The number of pyridine rings is 3. The van der Waals surface area contributed by atoms with Gasteiger partial charge in [-0.05, 0) is 77.4 Å². The third-order valence-corrected chi connectivity index (χ3v) is 13.9. The number of hydrogen-bond donors (Lipinski definition) is 1. The first-order valence-electron chi connectivity index (χ1n) is 20.8.